The first-order valence-corrected chi connectivity index (χ1v) is 7.87. The predicted octanol–water partition coefficient (Wildman–Crippen LogP) is 4.60. The highest BCUT2D eigenvalue weighted by molar-refractivity contribution is 6.31. The van der Waals surface area contributed by atoms with Crippen molar-refractivity contribution in [1.82, 2.24) is 9.97 Å². The Morgan fingerprint density at radius 1 is 0.960 bits per heavy atom. The van der Waals surface area contributed by atoms with E-state index in [2.05, 4.69) is 15.3 Å². The van der Waals surface area contributed by atoms with Gasteiger partial charge in [0.15, 0.2) is 11.6 Å². The fourth-order valence-electron chi connectivity index (χ4n) is 2.12. The van der Waals surface area contributed by atoms with Gasteiger partial charge in [-0.15, -0.1) is 0 Å². The van der Waals surface area contributed by atoms with E-state index in [-0.39, 0.29) is 30.8 Å². The summed E-state index contributed by atoms with van der Waals surface area (Å²) in [6, 6.07) is 13.4. The maximum absolute atomic E-state index is 13.8. The molecule has 1 aromatic heterocycles. The smallest absolute Gasteiger partial charge is 0.318 e. The lowest BCUT2D eigenvalue weighted by Crippen LogP contribution is -2.08. The topological polar surface area (TPSA) is 47.0 Å². The van der Waals surface area contributed by atoms with E-state index >= 15 is 0 Å². The van der Waals surface area contributed by atoms with Gasteiger partial charge >= 0.3 is 6.01 Å². The van der Waals surface area contributed by atoms with Crippen molar-refractivity contribution < 1.29 is 13.5 Å². The second kappa shape index (κ2) is 7.90. The molecule has 0 aliphatic heterocycles. The van der Waals surface area contributed by atoms with Crippen LogP contribution in [0, 0.1) is 11.6 Å². The first-order valence-electron chi connectivity index (χ1n) is 7.49. The minimum Gasteiger partial charge on any atom is -0.458 e. The molecule has 2 aromatic carbocycles. The van der Waals surface area contributed by atoms with Gasteiger partial charge in [-0.05, 0) is 12.1 Å². The van der Waals surface area contributed by atoms with E-state index in [1.165, 1.54) is 6.07 Å². The van der Waals surface area contributed by atoms with Crippen molar-refractivity contribution in [3.8, 4) is 6.01 Å². The summed E-state index contributed by atoms with van der Waals surface area (Å²) in [6.45, 7) is 0.239. The SMILES string of the molecule is Fc1ccccc1CNc1nc(OCc2ccccc2Cl)ncc1F. The molecule has 0 amide bonds. The number of hydrogen-bond donors (Lipinski definition) is 1. The van der Waals surface area contributed by atoms with E-state index in [1.54, 1.807) is 24.3 Å². The van der Waals surface area contributed by atoms with Crippen LogP contribution in [0.25, 0.3) is 0 Å². The van der Waals surface area contributed by atoms with Crippen LogP contribution in [-0.4, -0.2) is 9.97 Å². The van der Waals surface area contributed by atoms with E-state index in [0.717, 1.165) is 11.8 Å². The Morgan fingerprint density at radius 3 is 2.44 bits per heavy atom. The number of benzene rings is 2. The Labute approximate surface area is 148 Å². The molecule has 25 heavy (non-hydrogen) atoms. The summed E-state index contributed by atoms with van der Waals surface area (Å²) in [4.78, 5) is 7.77. The van der Waals surface area contributed by atoms with Gasteiger partial charge in [0, 0.05) is 22.7 Å². The van der Waals surface area contributed by atoms with Crippen molar-refractivity contribution in [1.29, 1.82) is 0 Å². The van der Waals surface area contributed by atoms with Gasteiger partial charge in [0.25, 0.3) is 0 Å². The molecular weight excluding hydrogens is 348 g/mol. The molecule has 0 saturated heterocycles. The molecule has 0 bridgehead atoms. The first kappa shape index (κ1) is 17.1. The van der Waals surface area contributed by atoms with Gasteiger partial charge in [0.05, 0.1) is 6.20 Å². The molecule has 0 unspecified atom stereocenters. The van der Waals surface area contributed by atoms with Crippen molar-refractivity contribution in [3.05, 3.63) is 82.5 Å². The summed E-state index contributed by atoms with van der Waals surface area (Å²) < 4.78 is 32.9. The zero-order valence-electron chi connectivity index (χ0n) is 13.0. The number of nitrogens with zero attached hydrogens (tertiary/aromatic N) is 2. The lowest BCUT2D eigenvalue weighted by atomic mass is 10.2. The van der Waals surface area contributed by atoms with Crippen LogP contribution in [-0.2, 0) is 13.2 Å². The molecule has 0 atom stereocenters. The molecule has 3 aromatic rings. The molecule has 0 spiro atoms. The molecule has 0 aliphatic carbocycles. The van der Waals surface area contributed by atoms with Crippen LogP contribution in [0.4, 0.5) is 14.6 Å². The summed E-state index contributed by atoms with van der Waals surface area (Å²) >= 11 is 6.05. The van der Waals surface area contributed by atoms with Gasteiger partial charge in [-0.1, -0.05) is 48.0 Å². The number of aromatic nitrogens is 2. The number of hydrogen-bond acceptors (Lipinski definition) is 4. The van der Waals surface area contributed by atoms with Crippen molar-refractivity contribution in [2.24, 2.45) is 0 Å². The zero-order chi connectivity index (χ0) is 17.6. The molecule has 0 saturated carbocycles. The van der Waals surface area contributed by atoms with Gasteiger partial charge in [-0.2, -0.15) is 4.98 Å². The third kappa shape index (κ3) is 4.42. The molecule has 4 nitrogen and oxygen atoms in total. The summed E-state index contributed by atoms with van der Waals surface area (Å²) in [5.41, 5.74) is 1.16. The summed E-state index contributed by atoms with van der Waals surface area (Å²) in [7, 11) is 0. The first-order chi connectivity index (χ1) is 12.1. The normalized spacial score (nSPS) is 10.5. The maximum atomic E-state index is 13.8. The van der Waals surface area contributed by atoms with Gasteiger partial charge in [0.1, 0.15) is 12.4 Å². The molecule has 0 aliphatic rings. The van der Waals surface area contributed by atoms with Gasteiger partial charge in [-0.3, -0.25) is 0 Å². The van der Waals surface area contributed by atoms with Crippen molar-refractivity contribution >= 4 is 17.4 Å². The average Bonchev–Trinajstić information content (AvgIpc) is 2.62. The standard InChI is InChI=1S/C18H14ClF2N3O/c19-14-7-3-1-6-13(14)11-25-18-23-10-16(21)17(24-18)22-9-12-5-2-4-8-15(12)20/h1-8,10H,9,11H2,(H,22,23,24). The van der Waals surface area contributed by atoms with Crippen molar-refractivity contribution in [2.45, 2.75) is 13.2 Å². The van der Waals surface area contributed by atoms with E-state index in [9.17, 15) is 8.78 Å². The highest BCUT2D eigenvalue weighted by Crippen LogP contribution is 2.19. The van der Waals surface area contributed by atoms with E-state index < -0.39 is 5.82 Å². The number of nitrogens with one attached hydrogen (secondary N) is 1. The van der Waals surface area contributed by atoms with Crippen molar-refractivity contribution in [3.63, 3.8) is 0 Å². The number of rotatable bonds is 6. The minimum absolute atomic E-state index is 0.00245. The fourth-order valence-corrected chi connectivity index (χ4v) is 2.31. The summed E-state index contributed by atoms with van der Waals surface area (Å²) in [6.07, 6.45) is 0.999. The quantitative estimate of drug-likeness (QED) is 0.697. The highest BCUT2D eigenvalue weighted by Gasteiger charge is 2.10. The van der Waals surface area contributed by atoms with E-state index in [1.807, 2.05) is 18.2 Å². The fraction of sp³-hybridized carbons (Fsp3) is 0.111. The zero-order valence-corrected chi connectivity index (χ0v) is 13.8. The third-order valence-corrected chi connectivity index (χ3v) is 3.81. The Bertz CT molecular complexity index is 876. The molecule has 0 fully saturated rings. The molecule has 7 heteroatoms. The van der Waals surface area contributed by atoms with E-state index in [0.29, 0.717) is 10.6 Å². The van der Waals surface area contributed by atoms with Crippen LogP contribution < -0.4 is 10.1 Å². The second-order valence-electron chi connectivity index (χ2n) is 5.17. The Kier molecular flexibility index (Phi) is 5.40. The Hall–Kier alpha value is -2.73. The number of ether oxygens (including phenoxy) is 1. The maximum Gasteiger partial charge on any atom is 0.318 e. The molecular formula is C18H14ClF2N3O. The minimum atomic E-state index is -0.651. The predicted molar refractivity (Wildman–Crippen MR) is 91.5 cm³/mol. The van der Waals surface area contributed by atoms with E-state index in [4.69, 9.17) is 16.3 Å². The largest absolute Gasteiger partial charge is 0.458 e. The Balaban J connectivity index is 1.68. The lowest BCUT2D eigenvalue weighted by Gasteiger charge is -2.10. The summed E-state index contributed by atoms with van der Waals surface area (Å²) in [5.74, 6) is -1.09. The monoisotopic (exact) mass is 361 g/mol. The van der Waals surface area contributed by atoms with Crippen LogP contribution in [0.3, 0.4) is 0 Å². The molecule has 1 N–H and O–H groups in total. The van der Waals surface area contributed by atoms with Crippen LogP contribution >= 0.6 is 11.6 Å². The lowest BCUT2D eigenvalue weighted by molar-refractivity contribution is 0.280. The molecule has 1 heterocycles. The summed E-state index contributed by atoms with van der Waals surface area (Å²) in [5, 5.41) is 3.31. The molecule has 0 radical (unpaired) electrons. The average molecular weight is 362 g/mol. The Morgan fingerprint density at radius 2 is 1.68 bits per heavy atom. The van der Waals surface area contributed by atoms with Crippen LogP contribution in [0.5, 0.6) is 6.01 Å². The number of halogens is 3. The second-order valence-corrected chi connectivity index (χ2v) is 5.58. The van der Waals surface area contributed by atoms with Crippen LogP contribution in [0.1, 0.15) is 11.1 Å². The van der Waals surface area contributed by atoms with Crippen LogP contribution in [0.2, 0.25) is 5.02 Å². The number of anilines is 1. The van der Waals surface area contributed by atoms with Crippen molar-refractivity contribution in [2.75, 3.05) is 5.32 Å². The molecule has 3 rings (SSSR count). The highest BCUT2D eigenvalue weighted by atomic mass is 35.5. The van der Waals surface area contributed by atoms with Crippen LogP contribution in [0.15, 0.2) is 54.7 Å². The van der Waals surface area contributed by atoms with Gasteiger partial charge < -0.3 is 10.1 Å². The molecule has 128 valence electrons. The van der Waals surface area contributed by atoms with Gasteiger partial charge in [-0.25, -0.2) is 13.8 Å². The third-order valence-electron chi connectivity index (χ3n) is 3.44. The van der Waals surface area contributed by atoms with Gasteiger partial charge in [0.2, 0.25) is 0 Å².